The molecule has 0 radical (unpaired) electrons. The third kappa shape index (κ3) is 3.21. The highest BCUT2D eigenvalue weighted by atomic mass is 16.5. The van der Waals surface area contributed by atoms with E-state index in [1.807, 2.05) is 18.2 Å². The molecule has 1 unspecified atom stereocenters. The molecule has 1 aliphatic carbocycles. The van der Waals surface area contributed by atoms with E-state index >= 15 is 0 Å². The summed E-state index contributed by atoms with van der Waals surface area (Å²) in [5.41, 5.74) is 0.372. The lowest BCUT2D eigenvalue weighted by Gasteiger charge is -2.32. The summed E-state index contributed by atoms with van der Waals surface area (Å²) in [6, 6.07) is 5.63. The first-order valence-corrected chi connectivity index (χ1v) is 10.2. The van der Waals surface area contributed by atoms with Crippen molar-refractivity contribution in [3.8, 4) is 11.5 Å². The van der Waals surface area contributed by atoms with Crippen LogP contribution >= 0.6 is 0 Å². The lowest BCUT2D eigenvalue weighted by molar-refractivity contribution is -0.134. The Balaban J connectivity index is 1.55. The Morgan fingerprint density at radius 3 is 2.61 bits per heavy atom. The number of carbonyl (C=O) groups excluding carboxylic acids is 2. The number of methoxy groups -OCH3 is 2. The minimum Gasteiger partial charge on any atom is -0.497 e. The van der Waals surface area contributed by atoms with Gasteiger partial charge in [-0.15, -0.1) is 0 Å². The topological polar surface area (TPSA) is 71.1 Å². The predicted molar refractivity (Wildman–Crippen MR) is 104 cm³/mol. The zero-order valence-corrected chi connectivity index (χ0v) is 16.7. The average Bonchev–Trinajstić information content (AvgIpc) is 3.27. The molecule has 0 bridgehead atoms. The number of nitrogens with one attached hydrogen (secondary N) is 1. The van der Waals surface area contributed by atoms with Gasteiger partial charge in [-0.1, -0.05) is 19.3 Å². The van der Waals surface area contributed by atoms with Gasteiger partial charge >= 0.3 is 6.03 Å². The quantitative estimate of drug-likeness (QED) is 0.787. The zero-order chi connectivity index (χ0) is 19.7. The number of imide groups is 1. The van der Waals surface area contributed by atoms with Crippen LogP contribution in [-0.2, 0) is 4.79 Å². The number of amides is 3. The van der Waals surface area contributed by atoms with Crippen molar-refractivity contribution >= 4 is 11.9 Å². The first-order valence-electron chi connectivity index (χ1n) is 10.2. The Kier molecular flexibility index (Phi) is 5.19. The van der Waals surface area contributed by atoms with Crippen molar-refractivity contribution < 1.29 is 19.1 Å². The van der Waals surface area contributed by atoms with Gasteiger partial charge in [0.2, 0.25) is 0 Å². The number of carbonyl (C=O) groups is 2. The molecule has 4 rings (SSSR count). The Hall–Kier alpha value is -2.28. The van der Waals surface area contributed by atoms with Crippen molar-refractivity contribution in [3.63, 3.8) is 0 Å². The van der Waals surface area contributed by atoms with Crippen LogP contribution < -0.4 is 14.8 Å². The van der Waals surface area contributed by atoms with Crippen LogP contribution in [0.4, 0.5) is 4.79 Å². The van der Waals surface area contributed by atoms with Crippen LogP contribution in [0.5, 0.6) is 11.5 Å². The van der Waals surface area contributed by atoms with Gasteiger partial charge < -0.3 is 14.8 Å². The Morgan fingerprint density at radius 1 is 1.11 bits per heavy atom. The van der Waals surface area contributed by atoms with E-state index < -0.39 is 5.54 Å². The summed E-state index contributed by atoms with van der Waals surface area (Å²) in [7, 11) is 3.31. The smallest absolute Gasteiger partial charge is 0.326 e. The highest BCUT2D eigenvalue weighted by Crippen LogP contribution is 2.40. The monoisotopic (exact) mass is 387 g/mol. The molecule has 2 aliphatic heterocycles. The van der Waals surface area contributed by atoms with E-state index in [1.54, 1.807) is 14.2 Å². The molecule has 2 heterocycles. The fourth-order valence-corrected chi connectivity index (χ4v) is 4.93. The Bertz CT molecular complexity index is 760. The summed E-state index contributed by atoms with van der Waals surface area (Å²) in [6.07, 6.45) is 6.59. The summed E-state index contributed by atoms with van der Waals surface area (Å²) in [5.74, 6) is 1.53. The van der Waals surface area contributed by atoms with E-state index in [-0.39, 0.29) is 18.0 Å². The highest BCUT2D eigenvalue weighted by molar-refractivity contribution is 6.07. The van der Waals surface area contributed by atoms with Crippen molar-refractivity contribution in [3.05, 3.63) is 23.8 Å². The first-order chi connectivity index (χ1) is 13.6. The van der Waals surface area contributed by atoms with Gasteiger partial charge in [-0.2, -0.15) is 0 Å². The number of benzene rings is 1. The van der Waals surface area contributed by atoms with Crippen molar-refractivity contribution in [1.82, 2.24) is 15.1 Å². The normalized spacial score (nSPS) is 24.6. The molecule has 1 saturated carbocycles. The van der Waals surface area contributed by atoms with E-state index in [1.165, 1.54) is 4.90 Å². The molecule has 1 atom stereocenters. The van der Waals surface area contributed by atoms with E-state index in [2.05, 4.69) is 10.2 Å². The molecule has 1 spiro atoms. The van der Waals surface area contributed by atoms with Gasteiger partial charge in [-0.3, -0.25) is 9.69 Å². The molecular weight excluding hydrogens is 358 g/mol. The lowest BCUT2D eigenvalue weighted by atomic mass is 9.82. The number of urea groups is 1. The van der Waals surface area contributed by atoms with Crippen LogP contribution in [-0.4, -0.2) is 54.7 Å². The molecule has 2 saturated heterocycles. The summed E-state index contributed by atoms with van der Waals surface area (Å²) >= 11 is 0. The van der Waals surface area contributed by atoms with Gasteiger partial charge in [-0.25, -0.2) is 9.69 Å². The third-order valence-corrected chi connectivity index (χ3v) is 6.44. The molecule has 3 aliphatic rings. The SMILES string of the molecule is COc1ccc(OC)c(C2CCCN2CN2C(=O)NC3(CCCCC3)C2=O)c1. The molecule has 7 heteroatoms. The maximum absolute atomic E-state index is 13.1. The fraction of sp³-hybridized carbons (Fsp3) is 0.619. The van der Waals surface area contributed by atoms with E-state index in [0.717, 1.165) is 68.6 Å². The van der Waals surface area contributed by atoms with E-state index in [9.17, 15) is 9.59 Å². The highest BCUT2D eigenvalue weighted by Gasteiger charge is 2.52. The van der Waals surface area contributed by atoms with Crippen LogP contribution in [0.2, 0.25) is 0 Å². The molecule has 3 fully saturated rings. The van der Waals surface area contributed by atoms with Crippen molar-refractivity contribution in [2.45, 2.75) is 56.5 Å². The van der Waals surface area contributed by atoms with Gasteiger partial charge in [0.05, 0.1) is 20.9 Å². The zero-order valence-electron chi connectivity index (χ0n) is 16.7. The van der Waals surface area contributed by atoms with Crippen LogP contribution in [0.1, 0.15) is 56.6 Å². The van der Waals surface area contributed by atoms with Crippen LogP contribution in [0, 0.1) is 0 Å². The van der Waals surface area contributed by atoms with Crippen molar-refractivity contribution in [1.29, 1.82) is 0 Å². The number of rotatable bonds is 5. The second kappa shape index (κ2) is 7.62. The largest absolute Gasteiger partial charge is 0.497 e. The predicted octanol–water partition coefficient (Wildman–Crippen LogP) is 3.05. The molecule has 1 N–H and O–H groups in total. The van der Waals surface area contributed by atoms with Gasteiger partial charge in [0, 0.05) is 18.2 Å². The molecule has 152 valence electrons. The summed E-state index contributed by atoms with van der Waals surface area (Å²) in [6.45, 7) is 1.16. The van der Waals surface area contributed by atoms with Crippen molar-refractivity contribution in [2.24, 2.45) is 0 Å². The number of likely N-dealkylation sites (tertiary alicyclic amines) is 1. The Labute approximate surface area is 166 Å². The lowest BCUT2D eigenvalue weighted by Crippen LogP contribution is -2.49. The minimum absolute atomic E-state index is 0.0551. The maximum Gasteiger partial charge on any atom is 0.326 e. The van der Waals surface area contributed by atoms with Gasteiger partial charge in [0.15, 0.2) is 0 Å². The molecule has 1 aromatic carbocycles. The number of nitrogens with zero attached hydrogens (tertiary/aromatic N) is 2. The molecule has 0 aromatic heterocycles. The number of hydrogen-bond donors (Lipinski definition) is 1. The average molecular weight is 387 g/mol. The summed E-state index contributed by atoms with van der Waals surface area (Å²) in [5, 5.41) is 3.00. The standard InChI is InChI=1S/C21H29N3O4/c1-27-15-8-9-18(28-2)16(13-15)17-7-6-12-23(17)14-24-19(25)21(22-20(24)26)10-4-3-5-11-21/h8-9,13,17H,3-7,10-12,14H2,1-2H3,(H,22,26). The van der Waals surface area contributed by atoms with Crippen molar-refractivity contribution in [2.75, 3.05) is 27.4 Å². The molecule has 1 aromatic rings. The van der Waals surface area contributed by atoms with Crippen LogP contribution in [0.15, 0.2) is 18.2 Å². The van der Waals surface area contributed by atoms with Gasteiger partial charge in [-0.05, 0) is 43.9 Å². The molecular formula is C21H29N3O4. The van der Waals surface area contributed by atoms with E-state index in [4.69, 9.17) is 9.47 Å². The minimum atomic E-state index is -0.668. The summed E-state index contributed by atoms with van der Waals surface area (Å²) in [4.78, 5) is 29.4. The third-order valence-electron chi connectivity index (χ3n) is 6.44. The Morgan fingerprint density at radius 2 is 1.89 bits per heavy atom. The second-order valence-corrected chi connectivity index (χ2v) is 8.03. The van der Waals surface area contributed by atoms with Gasteiger partial charge in [0.25, 0.3) is 5.91 Å². The molecule has 7 nitrogen and oxygen atoms in total. The second-order valence-electron chi connectivity index (χ2n) is 8.03. The van der Waals surface area contributed by atoms with Crippen LogP contribution in [0.25, 0.3) is 0 Å². The molecule has 3 amide bonds. The molecule has 28 heavy (non-hydrogen) atoms. The van der Waals surface area contributed by atoms with Gasteiger partial charge in [0.1, 0.15) is 17.0 Å². The number of ether oxygens (including phenoxy) is 2. The summed E-state index contributed by atoms with van der Waals surface area (Å²) < 4.78 is 11.0. The number of hydrogen-bond acceptors (Lipinski definition) is 5. The van der Waals surface area contributed by atoms with Crippen LogP contribution in [0.3, 0.4) is 0 Å². The van der Waals surface area contributed by atoms with E-state index in [0.29, 0.717) is 6.67 Å². The fourth-order valence-electron chi connectivity index (χ4n) is 4.93. The maximum atomic E-state index is 13.1. The first kappa shape index (κ1) is 19.1.